The van der Waals surface area contributed by atoms with Gasteiger partial charge in [-0.25, -0.2) is 8.78 Å². The van der Waals surface area contributed by atoms with Gasteiger partial charge in [-0.2, -0.15) is 0 Å². The number of fused-ring (bicyclic) bond motifs is 5. The molecule has 3 N–H and O–H groups in total. The Bertz CT molecular complexity index is 1480. The van der Waals surface area contributed by atoms with E-state index in [9.17, 15) is 23.5 Å². The van der Waals surface area contributed by atoms with Gasteiger partial charge < -0.3 is 25.2 Å². The highest BCUT2D eigenvalue weighted by molar-refractivity contribution is 5.98. The first-order valence-corrected chi connectivity index (χ1v) is 14.6. The van der Waals surface area contributed by atoms with Crippen LogP contribution in [0.25, 0.3) is 11.1 Å². The van der Waals surface area contributed by atoms with Gasteiger partial charge in [-0.3, -0.25) is 19.5 Å². The SMILES string of the molecule is O=C1N[C@H]2C[C@@H](C(=O)NC[C@H]3O[C@H](CCOc4cc(-c5ccc(F)cc5F)ccc41)CC[C@@H]3O)N(Cc1cccnc1)C2. The second kappa shape index (κ2) is 12.7. The maximum absolute atomic E-state index is 14.6. The highest BCUT2D eigenvalue weighted by atomic mass is 19.1. The fraction of sp³-hybridized carbons (Fsp3) is 0.406. The van der Waals surface area contributed by atoms with Crippen LogP contribution >= 0.6 is 0 Å². The van der Waals surface area contributed by atoms with E-state index in [1.54, 1.807) is 30.6 Å². The molecule has 43 heavy (non-hydrogen) atoms. The van der Waals surface area contributed by atoms with E-state index >= 15 is 0 Å². The van der Waals surface area contributed by atoms with Gasteiger partial charge in [0.2, 0.25) is 5.91 Å². The summed E-state index contributed by atoms with van der Waals surface area (Å²) >= 11 is 0. The van der Waals surface area contributed by atoms with Crippen molar-refractivity contribution < 1.29 is 33.0 Å². The van der Waals surface area contributed by atoms with Crippen molar-refractivity contribution in [2.45, 2.75) is 62.6 Å². The smallest absolute Gasteiger partial charge is 0.255 e. The molecule has 226 valence electrons. The van der Waals surface area contributed by atoms with Crippen molar-refractivity contribution >= 4 is 11.8 Å². The van der Waals surface area contributed by atoms with E-state index < -0.39 is 29.9 Å². The number of nitrogens with one attached hydrogen (secondary N) is 2. The first kappa shape index (κ1) is 29.2. The third-order valence-electron chi connectivity index (χ3n) is 8.37. The summed E-state index contributed by atoms with van der Waals surface area (Å²) in [5.74, 6) is -1.71. The summed E-state index contributed by atoms with van der Waals surface area (Å²) in [6, 6.07) is 11.0. The van der Waals surface area contributed by atoms with E-state index in [4.69, 9.17) is 9.47 Å². The highest BCUT2D eigenvalue weighted by Crippen LogP contribution is 2.31. The zero-order chi connectivity index (χ0) is 29.9. The number of aliphatic hydroxyl groups excluding tert-OH is 1. The summed E-state index contributed by atoms with van der Waals surface area (Å²) in [5.41, 5.74) is 1.83. The van der Waals surface area contributed by atoms with Crippen LogP contribution in [0.5, 0.6) is 5.75 Å². The van der Waals surface area contributed by atoms with Crippen LogP contribution < -0.4 is 15.4 Å². The third-order valence-corrected chi connectivity index (χ3v) is 8.37. The average Bonchev–Trinajstić information content (AvgIpc) is 3.39. The molecule has 3 aromatic rings. The predicted molar refractivity (Wildman–Crippen MR) is 153 cm³/mol. The number of likely N-dealkylation sites (tertiary alicyclic amines) is 1. The van der Waals surface area contributed by atoms with E-state index in [1.165, 1.54) is 12.1 Å². The van der Waals surface area contributed by atoms with Crippen molar-refractivity contribution in [3.05, 3.63) is 83.7 Å². The van der Waals surface area contributed by atoms with Gasteiger partial charge in [-0.1, -0.05) is 12.1 Å². The van der Waals surface area contributed by atoms with E-state index in [1.807, 2.05) is 17.0 Å². The Kier molecular flexibility index (Phi) is 8.64. The van der Waals surface area contributed by atoms with Gasteiger partial charge in [0.15, 0.2) is 0 Å². The molecule has 2 fully saturated rings. The molecule has 2 aromatic carbocycles. The van der Waals surface area contributed by atoms with Gasteiger partial charge in [0.1, 0.15) is 23.5 Å². The minimum absolute atomic E-state index is 0.168. The molecule has 6 rings (SSSR count). The monoisotopic (exact) mass is 592 g/mol. The van der Waals surface area contributed by atoms with Crippen molar-refractivity contribution in [3.63, 3.8) is 0 Å². The Morgan fingerprint density at radius 1 is 1.05 bits per heavy atom. The first-order chi connectivity index (χ1) is 20.8. The second-order valence-electron chi connectivity index (χ2n) is 11.4. The molecule has 5 atom stereocenters. The van der Waals surface area contributed by atoms with Crippen molar-refractivity contribution in [2.75, 3.05) is 19.7 Å². The molecule has 1 aromatic heterocycles. The number of aromatic nitrogens is 1. The molecular weight excluding hydrogens is 558 g/mol. The van der Waals surface area contributed by atoms with Crippen LogP contribution in [0.15, 0.2) is 60.9 Å². The largest absolute Gasteiger partial charge is 0.493 e. The number of carbonyl (C=O) groups excluding carboxylic acids is 2. The number of ether oxygens (including phenoxy) is 2. The van der Waals surface area contributed by atoms with Gasteiger partial charge in [-0.15, -0.1) is 0 Å². The molecule has 0 spiro atoms. The van der Waals surface area contributed by atoms with E-state index in [0.717, 1.165) is 11.6 Å². The fourth-order valence-electron chi connectivity index (χ4n) is 6.13. The minimum Gasteiger partial charge on any atom is -0.493 e. The molecule has 2 amide bonds. The summed E-state index contributed by atoms with van der Waals surface area (Å²) in [6.45, 7) is 1.27. The normalized spacial score (nSPS) is 26.6. The van der Waals surface area contributed by atoms with Crippen LogP contribution in [-0.2, 0) is 16.1 Å². The molecule has 3 aliphatic rings. The molecule has 0 aliphatic carbocycles. The van der Waals surface area contributed by atoms with E-state index in [0.29, 0.717) is 44.3 Å². The van der Waals surface area contributed by atoms with E-state index in [-0.39, 0.29) is 54.0 Å². The molecule has 0 unspecified atom stereocenters. The molecule has 4 bridgehead atoms. The summed E-state index contributed by atoms with van der Waals surface area (Å²) in [5, 5.41) is 16.6. The van der Waals surface area contributed by atoms with Crippen LogP contribution in [0.1, 0.15) is 41.6 Å². The molecule has 11 heteroatoms. The highest BCUT2D eigenvalue weighted by Gasteiger charge is 2.39. The predicted octanol–water partition coefficient (Wildman–Crippen LogP) is 3.21. The van der Waals surface area contributed by atoms with Gasteiger partial charge in [0, 0.05) is 56.1 Å². The molecule has 0 radical (unpaired) electrons. The number of nitrogens with zero attached hydrogens (tertiary/aromatic N) is 2. The van der Waals surface area contributed by atoms with Crippen LogP contribution in [-0.4, -0.2) is 76.9 Å². The van der Waals surface area contributed by atoms with Crippen molar-refractivity contribution in [2.24, 2.45) is 0 Å². The Hall–Kier alpha value is -3.93. The maximum Gasteiger partial charge on any atom is 0.255 e. The Morgan fingerprint density at radius 3 is 2.72 bits per heavy atom. The van der Waals surface area contributed by atoms with Gasteiger partial charge in [-0.05, 0) is 60.7 Å². The van der Waals surface area contributed by atoms with E-state index in [2.05, 4.69) is 15.6 Å². The molecule has 4 heterocycles. The molecule has 2 saturated heterocycles. The number of aliphatic hydroxyl groups is 1. The fourth-order valence-corrected chi connectivity index (χ4v) is 6.13. The number of amides is 2. The number of halogens is 2. The standard InChI is InChI=1S/C32H34F2N4O5/c33-21-4-7-24(26(34)13-21)20-3-6-25-29(12-20)42-11-9-23-5-8-28(39)30(43-23)16-36-32(41)27-14-22(37-31(25)40)18-38(27)17-19-2-1-10-35-15-19/h1-4,6-7,10,12-13,15,22-23,27-28,30,39H,5,8-9,11,14,16-18H2,(H,36,41)(H,37,40)/t22-,23-,27-,28-,30+/m0/s1. The molecule has 9 nitrogen and oxygen atoms in total. The number of rotatable bonds is 3. The minimum atomic E-state index is -0.721. The summed E-state index contributed by atoms with van der Waals surface area (Å²) in [6.07, 6.45) is 3.96. The van der Waals surface area contributed by atoms with Crippen molar-refractivity contribution in [3.8, 4) is 16.9 Å². The molecular formula is C32H34F2N4O5. The summed E-state index contributed by atoms with van der Waals surface area (Å²) in [7, 11) is 0. The van der Waals surface area contributed by atoms with Gasteiger partial charge in [0.05, 0.1) is 30.4 Å². The van der Waals surface area contributed by atoms with Crippen LogP contribution in [0, 0.1) is 11.6 Å². The topological polar surface area (TPSA) is 113 Å². The van der Waals surface area contributed by atoms with Crippen LogP contribution in [0.2, 0.25) is 0 Å². The summed E-state index contributed by atoms with van der Waals surface area (Å²) in [4.78, 5) is 33.2. The Labute approximate surface area is 248 Å². The average molecular weight is 593 g/mol. The van der Waals surface area contributed by atoms with Crippen molar-refractivity contribution in [1.82, 2.24) is 20.5 Å². The number of benzene rings is 2. The molecule has 0 saturated carbocycles. The zero-order valence-corrected chi connectivity index (χ0v) is 23.5. The Balaban J connectivity index is 1.30. The third kappa shape index (κ3) is 6.69. The zero-order valence-electron chi connectivity index (χ0n) is 23.5. The van der Waals surface area contributed by atoms with Crippen LogP contribution in [0.4, 0.5) is 8.78 Å². The number of carbonyl (C=O) groups is 2. The first-order valence-electron chi connectivity index (χ1n) is 14.6. The number of hydrogen-bond donors (Lipinski definition) is 3. The van der Waals surface area contributed by atoms with Gasteiger partial charge >= 0.3 is 0 Å². The Morgan fingerprint density at radius 2 is 1.91 bits per heavy atom. The van der Waals surface area contributed by atoms with Gasteiger partial charge in [0.25, 0.3) is 5.91 Å². The lowest BCUT2D eigenvalue weighted by Crippen LogP contribution is -2.50. The number of pyridine rings is 1. The van der Waals surface area contributed by atoms with Crippen LogP contribution in [0.3, 0.4) is 0 Å². The second-order valence-corrected chi connectivity index (χ2v) is 11.4. The lowest BCUT2D eigenvalue weighted by atomic mass is 9.99. The lowest BCUT2D eigenvalue weighted by molar-refractivity contribution is -0.133. The van der Waals surface area contributed by atoms with Crippen molar-refractivity contribution in [1.29, 1.82) is 0 Å². The molecule has 3 aliphatic heterocycles. The maximum atomic E-state index is 14.6. The summed E-state index contributed by atoms with van der Waals surface area (Å²) < 4.78 is 40.4. The quantitative estimate of drug-likeness (QED) is 0.428. The number of hydrogen-bond acceptors (Lipinski definition) is 7. The lowest BCUT2D eigenvalue weighted by Gasteiger charge is -2.34.